The van der Waals surface area contributed by atoms with Gasteiger partial charge in [0.1, 0.15) is 6.04 Å². The van der Waals surface area contributed by atoms with Gasteiger partial charge in [0.15, 0.2) is 0 Å². The molecule has 2 aliphatic carbocycles. The molecular formula is C30H34N4O2. The third-order valence-corrected chi connectivity index (χ3v) is 7.51. The fourth-order valence-corrected chi connectivity index (χ4v) is 5.53. The molecule has 186 valence electrons. The first-order chi connectivity index (χ1) is 17.5. The minimum absolute atomic E-state index is 0.0229. The molecule has 0 saturated heterocycles. The standard InChI is InChI=1S/C30H34N4O2/c31-22-13-15-23(16-14-22)33-30(36)28(34-27-11-5-8-19-6-1-3-9-25(19)27)26-10-4-2-7-20-18-21(29(32)35)12-17-24(20)26/h1,3,5-9,11-12,17-18,22-23,28,34H,2,4,10,13-16,31H2,(H2,32,35)(H,33,36). The highest BCUT2D eigenvalue weighted by molar-refractivity contribution is 6.00. The van der Waals surface area contributed by atoms with Crippen molar-refractivity contribution in [2.45, 2.75) is 63.1 Å². The van der Waals surface area contributed by atoms with Gasteiger partial charge >= 0.3 is 0 Å². The van der Waals surface area contributed by atoms with Gasteiger partial charge in [0.2, 0.25) is 11.8 Å². The quantitative estimate of drug-likeness (QED) is 0.433. The molecule has 2 aliphatic rings. The summed E-state index contributed by atoms with van der Waals surface area (Å²) in [6, 6.07) is 19.7. The molecule has 36 heavy (non-hydrogen) atoms. The summed E-state index contributed by atoms with van der Waals surface area (Å²) in [5, 5.41) is 11.1. The second kappa shape index (κ2) is 10.5. The minimum atomic E-state index is -0.545. The highest BCUT2D eigenvalue weighted by Gasteiger charge is 2.28. The molecule has 2 amide bonds. The van der Waals surface area contributed by atoms with E-state index in [-0.39, 0.29) is 18.0 Å². The highest BCUT2D eigenvalue weighted by atomic mass is 16.2. The van der Waals surface area contributed by atoms with Crippen molar-refractivity contribution in [1.82, 2.24) is 5.32 Å². The fourth-order valence-electron chi connectivity index (χ4n) is 5.53. The molecule has 1 saturated carbocycles. The van der Waals surface area contributed by atoms with Crippen molar-refractivity contribution < 1.29 is 9.59 Å². The molecule has 1 fully saturated rings. The highest BCUT2D eigenvalue weighted by Crippen LogP contribution is 2.27. The van der Waals surface area contributed by atoms with E-state index >= 15 is 0 Å². The molecule has 3 aromatic carbocycles. The molecule has 0 aromatic heterocycles. The van der Waals surface area contributed by atoms with E-state index in [1.54, 1.807) is 6.07 Å². The monoisotopic (exact) mass is 482 g/mol. The lowest BCUT2D eigenvalue weighted by atomic mass is 9.91. The van der Waals surface area contributed by atoms with E-state index in [0.717, 1.165) is 77.4 Å². The first kappa shape index (κ1) is 24.1. The number of hydrogen-bond donors (Lipinski definition) is 4. The molecule has 0 radical (unpaired) electrons. The molecule has 1 unspecified atom stereocenters. The number of hydrogen-bond acceptors (Lipinski definition) is 4. The second-order valence-corrected chi connectivity index (χ2v) is 10.0. The van der Waals surface area contributed by atoms with Crippen LogP contribution in [-0.4, -0.2) is 29.9 Å². The zero-order chi connectivity index (χ0) is 25.1. The Morgan fingerprint density at radius 1 is 0.944 bits per heavy atom. The second-order valence-electron chi connectivity index (χ2n) is 10.0. The van der Waals surface area contributed by atoms with Crippen molar-refractivity contribution in [2.24, 2.45) is 11.5 Å². The summed E-state index contributed by atoms with van der Waals surface area (Å²) in [6.45, 7) is 0. The number of carbonyl (C=O) groups excluding carboxylic acids is 2. The lowest BCUT2D eigenvalue weighted by Crippen LogP contribution is -2.49. The van der Waals surface area contributed by atoms with Crippen LogP contribution in [0.1, 0.15) is 55.3 Å². The zero-order valence-corrected chi connectivity index (χ0v) is 20.5. The van der Waals surface area contributed by atoms with Gasteiger partial charge in [-0.15, -0.1) is 0 Å². The molecule has 0 aliphatic heterocycles. The zero-order valence-electron chi connectivity index (χ0n) is 20.5. The number of benzene rings is 3. The van der Waals surface area contributed by atoms with E-state index in [1.165, 1.54) is 0 Å². The van der Waals surface area contributed by atoms with Gasteiger partial charge in [-0.1, -0.05) is 48.5 Å². The van der Waals surface area contributed by atoms with Gasteiger partial charge < -0.3 is 22.1 Å². The van der Waals surface area contributed by atoms with Gasteiger partial charge in [0.25, 0.3) is 0 Å². The maximum absolute atomic E-state index is 13.9. The van der Waals surface area contributed by atoms with Crippen LogP contribution in [0.4, 0.5) is 5.69 Å². The van der Waals surface area contributed by atoms with E-state index < -0.39 is 11.9 Å². The number of primary amides is 1. The maximum atomic E-state index is 13.9. The Morgan fingerprint density at radius 3 is 2.53 bits per heavy atom. The largest absolute Gasteiger partial charge is 0.370 e. The van der Waals surface area contributed by atoms with Crippen molar-refractivity contribution in [3.8, 4) is 0 Å². The summed E-state index contributed by atoms with van der Waals surface area (Å²) in [5.41, 5.74) is 14.1. The predicted molar refractivity (Wildman–Crippen MR) is 146 cm³/mol. The van der Waals surface area contributed by atoms with Crippen LogP contribution in [0.2, 0.25) is 0 Å². The molecular weight excluding hydrogens is 448 g/mol. The Bertz CT molecular complexity index is 1400. The average molecular weight is 483 g/mol. The van der Waals surface area contributed by atoms with E-state index in [0.29, 0.717) is 5.56 Å². The van der Waals surface area contributed by atoms with Crippen LogP contribution < -0.4 is 32.5 Å². The Morgan fingerprint density at radius 2 is 1.72 bits per heavy atom. The smallest absolute Gasteiger partial charge is 0.248 e. The van der Waals surface area contributed by atoms with Crippen LogP contribution in [0.25, 0.3) is 22.4 Å². The molecule has 6 heteroatoms. The van der Waals surface area contributed by atoms with Gasteiger partial charge in [0.05, 0.1) is 0 Å². The van der Waals surface area contributed by atoms with Gasteiger partial charge in [-0.3, -0.25) is 9.59 Å². The van der Waals surface area contributed by atoms with E-state index in [1.807, 2.05) is 36.4 Å². The maximum Gasteiger partial charge on any atom is 0.248 e. The van der Waals surface area contributed by atoms with E-state index in [4.69, 9.17) is 11.5 Å². The number of carbonyl (C=O) groups is 2. The first-order valence-electron chi connectivity index (χ1n) is 12.9. The topological polar surface area (TPSA) is 110 Å². The molecule has 0 spiro atoms. The summed E-state index contributed by atoms with van der Waals surface area (Å²) in [4.78, 5) is 25.7. The lowest BCUT2D eigenvalue weighted by molar-refractivity contribution is -0.121. The molecule has 5 rings (SSSR count). The Labute approximate surface area is 211 Å². The van der Waals surface area contributed by atoms with Crippen LogP contribution in [0, 0.1) is 0 Å². The number of rotatable bonds is 6. The Balaban J connectivity index is 1.59. The van der Waals surface area contributed by atoms with E-state index in [2.05, 4.69) is 34.9 Å². The summed E-state index contributed by atoms with van der Waals surface area (Å²) < 4.78 is 0. The van der Waals surface area contributed by atoms with Crippen LogP contribution in [0.3, 0.4) is 0 Å². The van der Waals surface area contributed by atoms with Crippen LogP contribution in [0.15, 0.2) is 60.7 Å². The molecule has 6 nitrogen and oxygen atoms in total. The third-order valence-electron chi connectivity index (χ3n) is 7.51. The van der Waals surface area contributed by atoms with Gasteiger partial charge in [-0.25, -0.2) is 0 Å². The van der Waals surface area contributed by atoms with Crippen molar-refractivity contribution in [3.05, 3.63) is 76.7 Å². The average Bonchev–Trinajstić information content (AvgIpc) is 3.10. The molecule has 3 aromatic rings. The van der Waals surface area contributed by atoms with Crippen molar-refractivity contribution in [1.29, 1.82) is 0 Å². The Hall–Kier alpha value is -3.64. The summed E-state index contributed by atoms with van der Waals surface area (Å²) >= 11 is 0. The van der Waals surface area contributed by atoms with E-state index in [9.17, 15) is 9.59 Å². The number of anilines is 1. The molecule has 6 N–H and O–H groups in total. The number of amides is 2. The molecule has 1 atom stereocenters. The SMILES string of the molecule is NC(=O)c1ccc2c(c1)=CCCCC=2C(Nc1cccc2ccccc12)C(=O)NC1CCC(N)CC1. The summed E-state index contributed by atoms with van der Waals surface area (Å²) in [6.07, 6.45) is 8.38. The number of nitrogens with one attached hydrogen (secondary N) is 2. The normalized spacial score (nSPS) is 20.5. The van der Waals surface area contributed by atoms with Crippen molar-refractivity contribution >= 4 is 39.9 Å². The predicted octanol–water partition coefficient (Wildman–Crippen LogP) is 2.92. The van der Waals surface area contributed by atoms with Gasteiger partial charge in [-0.2, -0.15) is 0 Å². The summed E-state index contributed by atoms with van der Waals surface area (Å²) in [7, 11) is 0. The Kier molecular flexibility index (Phi) is 7.05. The van der Waals surface area contributed by atoms with Crippen molar-refractivity contribution in [3.63, 3.8) is 0 Å². The number of fused-ring (bicyclic) bond motifs is 2. The fraction of sp³-hybridized carbons (Fsp3) is 0.333. The van der Waals surface area contributed by atoms with Crippen LogP contribution in [-0.2, 0) is 4.79 Å². The molecule has 0 heterocycles. The number of nitrogens with two attached hydrogens (primary N) is 2. The first-order valence-corrected chi connectivity index (χ1v) is 12.9. The van der Waals surface area contributed by atoms with Gasteiger partial charge in [0, 0.05) is 28.7 Å². The van der Waals surface area contributed by atoms with Crippen LogP contribution in [0.5, 0.6) is 0 Å². The van der Waals surface area contributed by atoms with Gasteiger partial charge in [-0.05, 0) is 84.5 Å². The minimum Gasteiger partial charge on any atom is -0.370 e. The van der Waals surface area contributed by atoms with Crippen LogP contribution >= 0.6 is 0 Å². The lowest BCUT2D eigenvalue weighted by Gasteiger charge is -2.30. The summed E-state index contributed by atoms with van der Waals surface area (Å²) in [5.74, 6) is -0.471. The third kappa shape index (κ3) is 5.14. The van der Waals surface area contributed by atoms with Crippen molar-refractivity contribution in [2.75, 3.05) is 5.32 Å². The molecule has 0 bridgehead atoms.